The molecule has 0 spiro atoms. The Morgan fingerprint density at radius 3 is 2.43 bits per heavy atom. The zero-order valence-electron chi connectivity index (χ0n) is 25.6. The normalized spacial score (nSPS) is 26.0. The first-order valence-corrected chi connectivity index (χ1v) is 12.1. The molecule has 0 radical (unpaired) electrons. The fourth-order valence-corrected chi connectivity index (χ4v) is 3.74. The summed E-state index contributed by atoms with van der Waals surface area (Å²) in [4.78, 5) is 11.6. The van der Waals surface area contributed by atoms with E-state index >= 15 is 0 Å². The van der Waals surface area contributed by atoms with Gasteiger partial charge in [-0.25, -0.2) is 4.79 Å². The van der Waals surface area contributed by atoms with Crippen molar-refractivity contribution in [2.45, 2.75) is 90.7 Å². The van der Waals surface area contributed by atoms with Crippen molar-refractivity contribution in [3.63, 3.8) is 0 Å². The number of hydrogen-bond acceptors (Lipinski definition) is 10. The average molecular weight is 527 g/mol. The van der Waals surface area contributed by atoms with Gasteiger partial charge in [0, 0.05) is 27.8 Å². The van der Waals surface area contributed by atoms with Crippen molar-refractivity contribution in [1.82, 2.24) is 9.78 Å². The molecule has 0 saturated carbocycles. The molecule has 1 fully saturated rings. The third kappa shape index (κ3) is 7.13. The van der Waals surface area contributed by atoms with E-state index < -0.39 is 56.3 Å². The van der Waals surface area contributed by atoms with Crippen LogP contribution in [0.4, 0.5) is 4.79 Å². The Kier molecular flexibility index (Phi) is 7.92. The zero-order chi connectivity index (χ0) is 30.7. The van der Waals surface area contributed by atoms with Crippen molar-refractivity contribution in [2.24, 2.45) is 0 Å². The van der Waals surface area contributed by atoms with Crippen LogP contribution in [0.2, 0.25) is 0 Å². The lowest BCUT2D eigenvalue weighted by atomic mass is 9.99. The van der Waals surface area contributed by atoms with Crippen LogP contribution in [0.25, 0.3) is 0 Å². The molecule has 2 aromatic rings. The molecule has 11 nitrogen and oxygen atoms in total. The van der Waals surface area contributed by atoms with Crippen molar-refractivity contribution in [1.29, 1.82) is 0 Å². The van der Waals surface area contributed by atoms with Gasteiger partial charge in [-0.2, -0.15) is 0 Å². The van der Waals surface area contributed by atoms with Crippen molar-refractivity contribution in [3.8, 4) is 11.6 Å². The number of carbonyl (C=O) groups excluding carboxylic acids is 1. The van der Waals surface area contributed by atoms with E-state index in [1.807, 2.05) is 13.8 Å². The Hall–Kier alpha value is -2.86. The van der Waals surface area contributed by atoms with Gasteiger partial charge in [0.05, 0.1) is 14.1 Å². The maximum atomic E-state index is 11.6. The lowest BCUT2D eigenvalue weighted by Crippen LogP contribution is -2.60. The number of benzene rings is 1. The number of carbonyl (C=O) groups is 1. The zero-order valence-corrected chi connectivity index (χ0v) is 21.6. The van der Waals surface area contributed by atoms with Crippen LogP contribution in [0.1, 0.15) is 62.9 Å². The summed E-state index contributed by atoms with van der Waals surface area (Å²) in [6.45, 7) is 5.08. The molecule has 0 bridgehead atoms. The molecule has 3 N–H and O–H groups in total. The Morgan fingerprint density at radius 1 is 1.14 bits per heavy atom. The highest BCUT2D eigenvalue weighted by atomic mass is 16.7. The van der Waals surface area contributed by atoms with E-state index in [-0.39, 0.29) is 36.3 Å². The molecule has 0 unspecified atom stereocenters. The van der Waals surface area contributed by atoms with E-state index in [1.54, 1.807) is 31.2 Å². The van der Waals surface area contributed by atoms with Gasteiger partial charge in [-0.1, -0.05) is 12.1 Å². The summed E-state index contributed by atoms with van der Waals surface area (Å²) in [5.74, 6) is 0.373. The Bertz CT molecular complexity index is 1170. The van der Waals surface area contributed by atoms with Gasteiger partial charge in [0.1, 0.15) is 36.8 Å². The summed E-state index contributed by atoms with van der Waals surface area (Å²) in [5.41, 5.74) is 0.543. The maximum absolute atomic E-state index is 11.6. The van der Waals surface area contributed by atoms with Crippen LogP contribution in [-0.4, -0.2) is 81.3 Å². The highest BCUT2D eigenvalue weighted by molar-refractivity contribution is 5.59. The number of aliphatic hydroxyl groups excluding tert-OH is 3. The van der Waals surface area contributed by atoms with Crippen LogP contribution in [0.3, 0.4) is 0 Å². The molecule has 1 saturated heterocycles. The summed E-state index contributed by atoms with van der Waals surface area (Å²) in [5, 5.41) is 35.7. The van der Waals surface area contributed by atoms with E-state index in [2.05, 4.69) is 9.84 Å². The van der Waals surface area contributed by atoms with Crippen molar-refractivity contribution >= 4 is 6.16 Å². The van der Waals surface area contributed by atoms with Crippen molar-refractivity contribution < 1.29 is 49.3 Å². The quantitative estimate of drug-likeness (QED) is 0.395. The van der Waals surface area contributed by atoms with Crippen LogP contribution in [0, 0.1) is 6.85 Å². The summed E-state index contributed by atoms with van der Waals surface area (Å²) in [7, 11) is 0. The van der Waals surface area contributed by atoms with Gasteiger partial charge in [-0.15, -0.1) is 5.10 Å². The van der Waals surface area contributed by atoms with E-state index in [9.17, 15) is 20.1 Å². The fourth-order valence-electron chi connectivity index (χ4n) is 3.74. The largest absolute Gasteiger partial charge is 0.508 e. The van der Waals surface area contributed by atoms with Crippen LogP contribution >= 0.6 is 0 Å². The van der Waals surface area contributed by atoms with E-state index in [4.69, 9.17) is 24.4 Å². The molecule has 3 rings (SSSR count). The first kappa shape index (κ1) is 23.3. The predicted molar refractivity (Wildman–Crippen MR) is 133 cm³/mol. The van der Waals surface area contributed by atoms with Gasteiger partial charge in [0.2, 0.25) is 12.2 Å². The molecule has 11 heteroatoms. The second-order valence-corrected chi connectivity index (χ2v) is 9.11. The maximum Gasteiger partial charge on any atom is 0.508 e. The molecular formula is C26H38N2O9. The van der Waals surface area contributed by atoms with Gasteiger partial charge in [0.25, 0.3) is 0 Å². The van der Waals surface area contributed by atoms with E-state index in [1.165, 1.54) is 13.8 Å². The third-order valence-corrected chi connectivity index (χ3v) is 5.57. The molecule has 206 valence electrons. The fraction of sp³-hybridized carbons (Fsp3) is 0.615. The van der Waals surface area contributed by atoms with Crippen LogP contribution < -0.4 is 9.47 Å². The number of aromatic nitrogens is 2. The minimum absolute atomic E-state index is 0.0183. The number of aliphatic hydroxyl groups is 3. The molecule has 1 aromatic carbocycles. The second kappa shape index (κ2) is 12.6. The minimum atomic E-state index is -2.71. The smallest absolute Gasteiger partial charge is 0.491 e. The highest BCUT2D eigenvalue weighted by Crippen LogP contribution is 2.31. The molecule has 1 aromatic heterocycles. The lowest BCUT2D eigenvalue weighted by Gasteiger charge is -2.39. The van der Waals surface area contributed by atoms with E-state index in [0.29, 0.717) is 11.3 Å². The Balaban J connectivity index is 1.99. The third-order valence-electron chi connectivity index (χ3n) is 5.57. The summed E-state index contributed by atoms with van der Waals surface area (Å²) in [6, 6.07) is 5.46. The number of hydrogen-bond donors (Lipinski definition) is 3. The van der Waals surface area contributed by atoms with Crippen molar-refractivity contribution in [2.75, 3.05) is 13.2 Å². The molecule has 0 aliphatic carbocycles. The number of rotatable bonds is 10. The van der Waals surface area contributed by atoms with Gasteiger partial charge < -0.3 is 39.0 Å². The van der Waals surface area contributed by atoms with Crippen LogP contribution in [-0.2, 0) is 20.6 Å². The van der Waals surface area contributed by atoms with Crippen molar-refractivity contribution in [3.05, 3.63) is 41.1 Å². The Morgan fingerprint density at radius 2 is 1.84 bits per heavy atom. The minimum Gasteiger partial charge on any atom is -0.491 e. The lowest BCUT2D eigenvalue weighted by molar-refractivity contribution is -0.278. The molecular weight excluding hydrogens is 484 g/mol. The number of nitrogens with zero attached hydrogens (tertiary/aromatic N) is 2. The molecule has 37 heavy (non-hydrogen) atoms. The SMILES string of the molecule is [2H]C([2H])([2H])c1c(Cc2ccc(OC(C)C)cc2)c(O[C@@H]2O[C@H](COC(=O)OCC)[C@@H](O)[C@H](O)[C@H]2O)nn1C([2H])(C)C. The summed E-state index contributed by atoms with van der Waals surface area (Å²) in [6.07, 6.45) is -9.20. The average Bonchev–Trinajstić information content (AvgIpc) is 3.23. The molecule has 0 amide bonds. The molecule has 2 heterocycles. The molecule has 1 aliphatic rings. The monoisotopic (exact) mass is 526 g/mol. The predicted octanol–water partition coefficient (Wildman–Crippen LogP) is 2.51. The molecule has 5 atom stereocenters. The number of ether oxygens (including phenoxy) is 5. The van der Waals surface area contributed by atoms with E-state index in [0.717, 1.165) is 4.68 Å². The van der Waals surface area contributed by atoms with Gasteiger partial charge >= 0.3 is 6.16 Å². The molecule has 1 aliphatic heterocycles. The topological polar surface area (TPSA) is 142 Å². The first-order valence-electron chi connectivity index (χ1n) is 14.1. The Labute approximate surface area is 222 Å². The standard InChI is InChI=1S/C26H38N2O9/c1-7-33-26(32)34-13-20-21(29)22(30)23(31)25(36-20)37-24-19(16(6)28(27-24)14(2)3)12-17-8-10-18(11-9-17)35-15(4)5/h8-11,14-15,20-23,25,29-31H,7,12-13H2,1-6H3/t20-,21-,22+,23-,25+/m1/s1/i6D3,14D. The summed E-state index contributed by atoms with van der Waals surface area (Å²) < 4.78 is 60.9. The first-order chi connectivity index (χ1) is 19.0. The van der Waals surface area contributed by atoms with Gasteiger partial charge in [-0.3, -0.25) is 4.68 Å². The second-order valence-electron chi connectivity index (χ2n) is 9.11. The highest BCUT2D eigenvalue weighted by Gasteiger charge is 2.46. The van der Waals surface area contributed by atoms with Gasteiger partial charge in [0.15, 0.2) is 0 Å². The van der Waals surface area contributed by atoms with Gasteiger partial charge in [-0.05, 0) is 59.2 Å². The van der Waals surface area contributed by atoms with Crippen LogP contribution in [0.5, 0.6) is 11.6 Å². The van der Waals surface area contributed by atoms with Crippen LogP contribution in [0.15, 0.2) is 24.3 Å². The summed E-state index contributed by atoms with van der Waals surface area (Å²) >= 11 is 0.